The van der Waals surface area contributed by atoms with Gasteiger partial charge in [-0.25, -0.2) is 22.8 Å². The van der Waals surface area contributed by atoms with E-state index in [4.69, 9.17) is 0 Å². The van der Waals surface area contributed by atoms with Crippen LogP contribution in [0.4, 0.5) is 4.39 Å². The van der Waals surface area contributed by atoms with Crippen LogP contribution >= 0.6 is 0 Å². The fourth-order valence-electron chi connectivity index (χ4n) is 3.19. The van der Waals surface area contributed by atoms with Crippen LogP contribution < -0.4 is 0 Å². The van der Waals surface area contributed by atoms with Gasteiger partial charge in [-0.2, -0.15) is 0 Å². The summed E-state index contributed by atoms with van der Waals surface area (Å²) < 4.78 is 40.9. The number of carbonyl (C=O) groups is 1. The number of sulfone groups is 1. The fraction of sp³-hybridized carbons (Fsp3) is 0.136. The van der Waals surface area contributed by atoms with Crippen molar-refractivity contribution in [2.75, 3.05) is 0 Å². The number of imidazole rings is 1. The van der Waals surface area contributed by atoms with Gasteiger partial charge in [-0.15, -0.1) is 0 Å². The van der Waals surface area contributed by atoms with Crippen LogP contribution in [-0.4, -0.2) is 28.6 Å². The molecule has 0 atom stereocenters. The molecule has 0 aliphatic carbocycles. The van der Waals surface area contributed by atoms with Crippen molar-refractivity contribution >= 4 is 21.4 Å². The van der Waals surface area contributed by atoms with Crippen LogP contribution in [0, 0.1) is 12.7 Å². The van der Waals surface area contributed by atoms with E-state index in [9.17, 15) is 17.6 Å². The van der Waals surface area contributed by atoms with Crippen LogP contribution in [0.5, 0.6) is 0 Å². The molecule has 152 valence electrons. The van der Waals surface area contributed by atoms with Gasteiger partial charge in [-0.1, -0.05) is 18.2 Å². The highest BCUT2D eigenvalue weighted by Gasteiger charge is 2.20. The Morgan fingerprint density at radius 3 is 2.63 bits per heavy atom. The zero-order chi connectivity index (χ0) is 21.3. The molecular weight excluding hydrogens is 405 g/mol. The summed E-state index contributed by atoms with van der Waals surface area (Å²) in [6, 6.07) is 10.0. The van der Waals surface area contributed by atoms with Gasteiger partial charge in [0.25, 0.3) is 0 Å². The molecule has 4 rings (SSSR count). The number of ketones is 1. The maximum absolute atomic E-state index is 13.5. The van der Waals surface area contributed by atoms with Gasteiger partial charge in [0.05, 0.1) is 15.4 Å². The van der Waals surface area contributed by atoms with E-state index in [-0.39, 0.29) is 22.0 Å². The highest BCUT2D eigenvalue weighted by Crippen LogP contribution is 2.25. The number of aromatic nitrogens is 3. The Kier molecular flexibility index (Phi) is 5.17. The molecular formula is C22H18FN3O3S. The number of halogens is 1. The van der Waals surface area contributed by atoms with Crippen molar-refractivity contribution < 1.29 is 17.6 Å². The molecule has 0 spiro atoms. The topological polar surface area (TPSA) is 81.4 Å². The molecule has 0 unspecified atom stereocenters. The Morgan fingerprint density at radius 1 is 1.10 bits per heavy atom. The van der Waals surface area contributed by atoms with E-state index in [2.05, 4.69) is 9.97 Å². The number of benzene rings is 2. The van der Waals surface area contributed by atoms with Crippen LogP contribution in [-0.2, 0) is 16.3 Å². The standard InChI is InChI=1S/C22H18FN3O3S/c1-15-2-6-18(23)12-21(15)30(28,29)19-7-3-16(4-8-19)5-9-20(27)17-13-25-22-24-10-11-26(22)14-17/h2-4,6-8,10-14H,5,9H2,1H3. The Morgan fingerprint density at radius 2 is 1.87 bits per heavy atom. The van der Waals surface area contributed by atoms with E-state index in [0.29, 0.717) is 23.3 Å². The van der Waals surface area contributed by atoms with Crippen molar-refractivity contribution in [3.05, 3.63) is 89.8 Å². The molecule has 2 aromatic carbocycles. The highest BCUT2D eigenvalue weighted by molar-refractivity contribution is 7.91. The Balaban J connectivity index is 1.48. The average Bonchev–Trinajstić information content (AvgIpc) is 3.22. The van der Waals surface area contributed by atoms with Crippen molar-refractivity contribution in [1.29, 1.82) is 0 Å². The van der Waals surface area contributed by atoms with Crippen LogP contribution in [0.25, 0.3) is 5.78 Å². The van der Waals surface area contributed by atoms with Gasteiger partial charge in [0.2, 0.25) is 15.6 Å². The van der Waals surface area contributed by atoms with Crippen molar-refractivity contribution in [2.24, 2.45) is 0 Å². The summed E-state index contributed by atoms with van der Waals surface area (Å²) in [6.07, 6.45) is 7.24. The molecule has 0 saturated heterocycles. The number of Topliss-reactive ketones (excluding diaryl/α,β-unsaturated/α-hetero) is 1. The summed E-state index contributed by atoms with van der Waals surface area (Å²) >= 11 is 0. The lowest BCUT2D eigenvalue weighted by Crippen LogP contribution is -2.06. The molecule has 0 saturated carbocycles. The zero-order valence-electron chi connectivity index (χ0n) is 16.1. The van der Waals surface area contributed by atoms with Crippen LogP contribution in [0.1, 0.15) is 27.9 Å². The van der Waals surface area contributed by atoms with Gasteiger partial charge in [0.15, 0.2) is 5.78 Å². The lowest BCUT2D eigenvalue weighted by atomic mass is 10.0. The van der Waals surface area contributed by atoms with Crippen LogP contribution in [0.3, 0.4) is 0 Å². The first kappa shape index (κ1) is 19.9. The number of nitrogens with zero attached hydrogens (tertiary/aromatic N) is 3. The molecule has 2 aromatic heterocycles. The maximum atomic E-state index is 13.5. The molecule has 2 heterocycles. The normalized spacial score (nSPS) is 11.7. The van der Waals surface area contributed by atoms with Crippen molar-refractivity contribution in [1.82, 2.24) is 14.4 Å². The van der Waals surface area contributed by atoms with Gasteiger partial charge in [0.1, 0.15) is 5.82 Å². The molecule has 4 aromatic rings. The summed E-state index contributed by atoms with van der Waals surface area (Å²) in [4.78, 5) is 20.7. The summed E-state index contributed by atoms with van der Waals surface area (Å²) in [5.74, 6) is -0.139. The van der Waals surface area contributed by atoms with Crippen LogP contribution in [0.2, 0.25) is 0 Å². The minimum Gasteiger partial charge on any atom is -0.294 e. The number of rotatable bonds is 6. The fourth-order valence-corrected chi connectivity index (χ4v) is 4.70. The lowest BCUT2D eigenvalue weighted by molar-refractivity contribution is 0.0982. The number of carbonyl (C=O) groups excluding carboxylic acids is 1. The molecule has 0 N–H and O–H groups in total. The average molecular weight is 423 g/mol. The zero-order valence-corrected chi connectivity index (χ0v) is 16.9. The summed E-state index contributed by atoms with van der Waals surface area (Å²) in [5, 5.41) is 0. The largest absolute Gasteiger partial charge is 0.294 e. The quantitative estimate of drug-likeness (QED) is 0.440. The summed E-state index contributed by atoms with van der Waals surface area (Å²) in [5.41, 5.74) is 1.80. The van der Waals surface area contributed by atoms with E-state index in [1.165, 1.54) is 30.5 Å². The lowest BCUT2D eigenvalue weighted by Gasteiger charge is -2.09. The minimum absolute atomic E-state index is 0.0483. The van der Waals surface area contributed by atoms with Gasteiger partial charge >= 0.3 is 0 Å². The second-order valence-corrected chi connectivity index (χ2v) is 8.88. The molecule has 8 heteroatoms. The highest BCUT2D eigenvalue weighted by atomic mass is 32.2. The molecule has 0 radical (unpaired) electrons. The minimum atomic E-state index is -3.82. The molecule has 0 bridgehead atoms. The van der Waals surface area contributed by atoms with Gasteiger partial charge < -0.3 is 0 Å². The monoisotopic (exact) mass is 423 g/mol. The molecule has 6 nitrogen and oxygen atoms in total. The van der Waals surface area contributed by atoms with Gasteiger partial charge in [-0.3, -0.25) is 9.20 Å². The number of hydrogen-bond donors (Lipinski definition) is 0. The predicted octanol–water partition coefficient (Wildman–Crippen LogP) is 3.83. The molecule has 0 aliphatic heterocycles. The SMILES string of the molecule is Cc1ccc(F)cc1S(=O)(=O)c1ccc(CCC(=O)c2cnc3nccn3c2)cc1. The number of aryl methyl sites for hydroxylation is 2. The second-order valence-electron chi connectivity index (χ2n) is 6.96. The van der Waals surface area contributed by atoms with Crippen molar-refractivity contribution in [3.8, 4) is 0 Å². The number of hydrogen-bond acceptors (Lipinski definition) is 5. The Labute approximate surface area is 173 Å². The van der Waals surface area contributed by atoms with E-state index >= 15 is 0 Å². The van der Waals surface area contributed by atoms with Gasteiger partial charge in [-0.05, 0) is 48.7 Å². The van der Waals surface area contributed by atoms with E-state index in [0.717, 1.165) is 11.6 Å². The second kappa shape index (κ2) is 7.79. The smallest absolute Gasteiger partial charge is 0.233 e. The first-order valence-corrected chi connectivity index (χ1v) is 10.7. The predicted molar refractivity (Wildman–Crippen MR) is 109 cm³/mol. The van der Waals surface area contributed by atoms with E-state index < -0.39 is 15.7 Å². The molecule has 30 heavy (non-hydrogen) atoms. The molecule has 0 fully saturated rings. The van der Waals surface area contributed by atoms with Crippen molar-refractivity contribution in [3.63, 3.8) is 0 Å². The van der Waals surface area contributed by atoms with Gasteiger partial charge in [0, 0.05) is 31.2 Å². The number of fused-ring (bicyclic) bond motifs is 1. The third kappa shape index (κ3) is 3.86. The summed E-state index contributed by atoms with van der Waals surface area (Å²) in [7, 11) is -3.82. The third-order valence-corrected chi connectivity index (χ3v) is 6.79. The van der Waals surface area contributed by atoms with E-state index in [1.807, 2.05) is 0 Å². The molecule has 0 aliphatic rings. The maximum Gasteiger partial charge on any atom is 0.233 e. The Bertz CT molecular complexity index is 1350. The Hall–Kier alpha value is -3.39. The van der Waals surface area contributed by atoms with E-state index in [1.54, 1.807) is 42.0 Å². The first-order valence-electron chi connectivity index (χ1n) is 9.27. The van der Waals surface area contributed by atoms with Crippen LogP contribution in [0.15, 0.2) is 77.0 Å². The first-order chi connectivity index (χ1) is 14.3. The third-order valence-electron chi connectivity index (χ3n) is 4.88. The molecule has 0 amide bonds. The van der Waals surface area contributed by atoms with Crippen molar-refractivity contribution in [2.45, 2.75) is 29.6 Å². The summed E-state index contributed by atoms with van der Waals surface area (Å²) in [6.45, 7) is 1.63.